The summed E-state index contributed by atoms with van der Waals surface area (Å²) in [5.41, 5.74) is 5.99. The average molecular weight is 176 g/mol. The third kappa shape index (κ3) is 1.22. The third-order valence-corrected chi connectivity index (χ3v) is 1.79. The molecule has 0 fully saturated rings. The summed E-state index contributed by atoms with van der Waals surface area (Å²) in [6.45, 7) is 0. The van der Waals surface area contributed by atoms with Gasteiger partial charge in [0, 0.05) is 11.5 Å². The highest BCUT2D eigenvalue weighted by Crippen LogP contribution is 2.27. The molecule has 13 heavy (non-hydrogen) atoms. The zero-order valence-electron chi connectivity index (χ0n) is 6.73. The minimum Gasteiger partial charge on any atom is -0.508 e. The summed E-state index contributed by atoms with van der Waals surface area (Å²) in [7, 11) is 0. The Morgan fingerprint density at radius 3 is 2.69 bits per heavy atom. The summed E-state index contributed by atoms with van der Waals surface area (Å²) in [5, 5.41) is 19.1. The molecule has 0 aliphatic rings. The third-order valence-electron chi connectivity index (χ3n) is 1.79. The molecular formula is C9H8N2O2. The van der Waals surface area contributed by atoms with Crippen LogP contribution < -0.4 is 5.73 Å². The molecule has 0 spiro atoms. The van der Waals surface area contributed by atoms with Gasteiger partial charge in [0.05, 0.1) is 5.52 Å². The number of phenolic OH excluding ortho intramolecular Hbond substituents is 1. The van der Waals surface area contributed by atoms with E-state index in [4.69, 9.17) is 10.8 Å². The zero-order valence-corrected chi connectivity index (χ0v) is 6.73. The second-order valence-corrected chi connectivity index (χ2v) is 2.77. The number of anilines is 1. The van der Waals surface area contributed by atoms with E-state index in [0.717, 1.165) is 0 Å². The Kier molecular flexibility index (Phi) is 1.48. The molecule has 0 radical (unpaired) electrons. The van der Waals surface area contributed by atoms with Crippen LogP contribution in [0.2, 0.25) is 0 Å². The van der Waals surface area contributed by atoms with Crippen LogP contribution in [0.5, 0.6) is 11.5 Å². The van der Waals surface area contributed by atoms with Crippen molar-refractivity contribution in [3.05, 3.63) is 24.3 Å². The van der Waals surface area contributed by atoms with Gasteiger partial charge in [-0.05, 0) is 18.2 Å². The molecule has 1 heterocycles. The Bertz CT molecular complexity index is 468. The number of fused-ring (bicyclic) bond motifs is 1. The van der Waals surface area contributed by atoms with Crippen molar-refractivity contribution in [2.24, 2.45) is 0 Å². The van der Waals surface area contributed by atoms with Crippen molar-refractivity contribution in [1.29, 1.82) is 0 Å². The van der Waals surface area contributed by atoms with Crippen LogP contribution >= 0.6 is 0 Å². The Labute approximate surface area is 74.3 Å². The maximum absolute atomic E-state index is 9.45. The largest absolute Gasteiger partial charge is 0.508 e. The second kappa shape index (κ2) is 2.52. The lowest BCUT2D eigenvalue weighted by Crippen LogP contribution is -1.89. The summed E-state index contributed by atoms with van der Waals surface area (Å²) >= 11 is 0. The Morgan fingerprint density at radius 2 is 1.92 bits per heavy atom. The predicted molar refractivity (Wildman–Crippen MR) is 49.5 cm³/mol. The maximum Gasteiger partial charge on any atom is 0.128 e. The number of rotatable bonds is 0. The predicted octanol–water partition coefficient (Wildman–Crippen LogP) is 1.23. The van der Waals surface area contributed by atoms with Gasteiger partial charge in [-0.25, -0.2) is 4.98 Å². The van der Waals surface area contributed by atoms with Gasteiger partial charge in [-0.2, -0.15) is 0 Å². The molecule has 4 N–H and O–H groups in total. The summed E-state index contributed by atoms with van der Waals surface area (Å²) in [5.74, 6) is 0.378. The van der Waals surface area contributed by atoms with Crippen LogP contribution in [-0.2, 0) is 0 Å². The van der Waals surface area contributed by atoms with Crippen molar-refractivity contribution in [2.45, 2.75) is 0 Å². The van der Waals surface area contributed by atoms with Gasteiger partial charge in [-0.1, -0.05) is 0 Å². The molecule has 1 aromatic carbocycles. The van der Waals surface area contributed by atoms with E-state index in [2.05, 4.69) is 4.98 Å². The van der Waals surface area contributed by atoms with Crippen LogP contribution in [0.15, 0.2) is 24.3 Å². The van der Waals surface area contributed by atoms with Crippen LogP contribution in [0.1, 0.15) is 0 Å². The highest BCUT2D eigenvalue weighted by molar-refractivity contribution is 5.87. The van der Waals surface area contributed by atoms with Crippen molar-refractivity contribution in [2.75, 3.05) is 5.73 Å². The molecule has 0 saturated heterocycles. The van der Waals surface area contributed by atoms with Crippen molar-refractivity contribution >= 4 is 16.7 Å². The lowest BCUT2D eigenvalue weighted by Gasteiger charge is -2.01. The van der Waals surface area contributed by atoms with Crippen LogP contribution in [0.25, 0.3) is 10.9 Å². The van der Waals surface area contributed by atoms with Gasteiger partial charge in [0.1, 0.15) is 17.3 Å². The van der Waals surface area contributed by atoms with Crippen LogP contribution in [0, 0.1) is 0 Å². The summed E-state index contributed by atoms with van der Waals surface area (Å²) in [6.07, 6.45) is 0. The quantitative estimate of drug-likeness (QED) is 0.564. The average Bonchev–Trinajstić information content (AvgIpc) is 2.06. The zero-order chi connectivity index (χ0) is 9.42. The van der Waals surface area contributed by atoms with Crippen molar-refractivity contribution in [3.8, 4) is 11.5 Å². The summed E-state index contributed by atoms with van der Waals surface area (Å²) in [6, 6.07) is 5.88. The molecule has 0 aliphatic heterocycles. The molecule has 66 valence electrons. The number of nitrogens with zero attached hydrogens (tertiary/aromatic N) is 1. The molecule has 0 atom stereocenters. The molecule has 0 saturated carbocycles. The lowest BCUT2D eigenvalue weighted by molar-refractivity contribution is 0.471. The van der Waals surface area contributed by atoms with Crippen LogP contribution in [-0.4, -0.2) is 15.2 Å². The van der Waals surface area contributed by atoms with E-state index in [1.54, 1.807) is 6.07 Å². The summed E-state index contributed by atoms with van der Waals surface area (Å²) < 4.78 is 0. The minimum absolute atomic E-state index is 0.0263. The Balaban J connectivity index is 2.87. The maximum atomic E-state index is 9.45. The van der Waals surface area contributed by atoms with E-state index in [0.29, 0.717) is 10.9 Å². The molecule has 2 rings (SSSR count). The molecule has 0 amide bonds. The first-order chi connectivity index (χ1) is 6.16. The standard InChI is InChI=1S/C9H8N2O2/c10-9-4-8(13)6-3-5(12)1-2-7(6)11-9/h1-4,12H,(H3,10,11,13). The second-order valence-electron chi connectivity index (χ2n) is 2.77. The number of aromatic hydroxyl groups is 2. The number of hydrogen-bond acceptors (Lipinski definition) is 4. The molecular weight excluding hydrogens is 168 g/mol. The fourth-order valence-electron chi connectivity index (χ4n) is 1.22. The highest BCUT2D eigenvalue weighted by atomic mass is 16.3. The molecule has 4 nitrogen and oxygen atoms in total. The number of phenols is 1. The van der Waals surface area contributed by atoms with Crippen LogP contribution in [0.4, 0.5) is 5.82 Å². The van der Waals surface area contributed by atoms with E-state index in [1.165, 1.54) is 18.2 Å². The van der Waals surface area contributed by atoms with Crippen molar-refractivity contribution in [3.63, 3.8) is 0 Å². The van der Waals surface area contributed by atoms with Gasteiger partial charge < -0.3 is 15.9 Å². The van der Waals surface area contributed by atoms with Crippen molar-refractivity contribution < 1.29 is 10.2 Å². The number of pyridine rings is 1. The molecule has 0 bridgehead atoms. The van der Waals surface area contributed by atoms with Gasteiger partial charge in [-0.15, -0.1) is 0 Å². The van der Waals surface area contributed by atoms with E-state index < -0.39 is 0 Å². The molecule has 0 aliphatic carbocycles. The van der Waals surface area contributed by atoms with E-state index in [9.17, 15) is 5.11 Å². The minimum atomic E-state index is 0.0263. The first-order valence-electron chi connectivity index (χ1n) is 3.75. The van der Waals surface area contributed by atoms with Gasteiger partial charge in [-0.3, -0.25) is 0 Å². The topological polar surface area (TPSA) is 79.4 Å². The summed E-state index contributed by atoms with van der Waals surface area (Å²) in [4.78, 5) is 3.98. The number of nitrogen functional groups attached to an aromatic ring is 1. The highest BCUT2D eigenvalue weighted by Gasteiger charge is 2.03. The molecule has 2 aromatic rings. The van der Waals surface area contributed by atoms with Crippen LogP contribution in [0.3, 0.4) is 0 Å². The fraction of sp³-hybridized carbons (Fsp3) is 0. The lowest BCUT2D eigenvalue weighted by atomic mass is 10.2. The SMILES string of the molecule is Nc1cc(O)c2cc(O)ccc2n1. The molecule has 1 aromatic heterocycles. The van der Waals surface area contributed by atoms with Gasteiger partial charge in [0.2, 0.25) is 0 Å². The van der Waals surface area contributed by atoms with E-state index >= 15 is 0 Å². The van der Waals surface area contributed by atoms with Gasteiger partial charge in [0.25, 0.3) is 0 Å². The fourth-order valence-corrected chi connectivity index (χ4v) is 1.22. The number of aromatic nitrogens is 1. The number of nitrogens with two attached hydrogens (primary N) is 1. The molecule has 4 heteroatoms. The first-order valence-corrected chi connectivity index (χ1v) is 3.75. The van der Waals surface area contributed by atoms with E-state index in [-0.39, 0.29) is 17.3 Å². The molecule has 0 unspecified atom stereocenters. The first kappa shape index (κ1) is 7.67. The normalized spacial score (nSPS) is 10.5. The Hall–Kier alpha value is -1.97. The smallest absolute Gasteiger partial charge is 0.128 e. The number of hydrogen-bond donors (Lipinski definition) is 3. The van der Waals surface area contributed by atoms with E-state index in [1.807, 2.05) is 0 Å². The van der Waals surface area contributed by atoms with Crippen molar-refractivity contribution in [1.82, 2.24) is 4.98 Å². The van der Waals surface area contributed by atoms with Gasteiger partial charge >= 0.3 is 0 Å². The number of benzene rings is 1. The van der Waals surface area contributed by atoms with Gasteiger partial charge in [0.15, 0.2) is 0 Å². The Morgan fingerprint density at radius 1 is 1.15 bits per heavy atom. The monoisotopic (exact) mass is 176 g/mol.